The van der Waals surface area contributed by atoms with Crippen LogP contribution in [-0.2, 0) is 6.61 Å². The molecule has 3 nitrogen and oxygen atoms in total. The highest BCUT2D eigenvalue weighted by molar-refractivity contribution is 5.76. The molecule has 0 atom stereocenters. The lowest BCUT2D eigenvalue weighted by atomic mass is 10.2. The molecule has 104 valence electrons. The molecule has 0 saturated heterocycles. The molecule has 0 bridgehead atoms. The summed E-state index contributed by atoms with van der Waals surface area (Å²) in [5, 5.41) is 0. The van der Waals surface area contributed by atoms with Crippen molar-refractivity contribution in [1.29, 1.82) is 0 Å². The van der Waals surface area contributed by atoms with Gasteiger partial charge in [-0.3, -0.25) is 4.79 Å². The van der Waals surface area contributed by atoms with E-state index in [1.54, 1.807) is 12.1 Å². The van der Waals surface area contributed by atoms with Crippen molar-refractivity contribution in [2.45, 2.75) is 6.61 Å². The van der Waals surface area contributed by atoms with Gasteiger partial charge in [-0.2, -0.15) is 0 Å². The van der Waals surface area contributed by atoms with Crippen molar-refractivity contribution in [3.63, 3.8) is 0 Å². The Hall–Kier alpha value is -2.43. The van der Waals surface area contributed by atoms with E-state index in [1.165, 1.54) is 19.2 Å². The van der Waals surface area contributed by atoms with E-state index in [2.05, 4.69) is 0 Å². The minimum atomic E-state index is -0.922. The third-order valence-corrected chi connectivity index (χ3v) is 2.70. The molecule has 0 N–H and O–H groups in total. The number of aldehydes is 1. The van der Waals surface area contributed by atoms with Crippen molar-refractivity contribution in [2.24, 2.45) is 0 Å². The van der Waals surface area contributed by atoms with Crippen molar-refractivity contribution < 1.29 is 23.0 Å². The number of halogens is 2. The first kappa shape index (κ1) is 14.0. The first-order valence-corrected chi connectivity index (χ1v) is 5.84. The van der Waals surface area contributed by atoms with Crippen LogP contribution in [0, 0.1) is 11.6 Å². The molecule has 5 heteroatoms. The third kappa shape index (κ3) is 3.12. The SMILES string of the molecule is COc1cc(C=O)ccc1OCc1ccc(F)c(F)c1. The smallest absolute Gasteiger partial charge is 0.161 e. The summed E-state index contributed by atoms with van der Waals surface area (Å²) in [4.78, 5) is 10.7. The summed E-state index contributed by atoms with van der Waals surface area (Å²) >= 11 is 0. The van der Waals surface area contributed by atoms with Crippen molar-refractivity contribution in [3.8, 4) is 11.5 Å². The summed E-state index contributed by atoms with van der Waals surface area (Å²) in [5.41, 5.74) is 0.951. The number of benzene rings is 2. The first-order chi connectivity index (χ1) is 9.63. The van der Waals surface area contributed by atoms with Gasteiger partial charge in [0.25, 0.3) is 0 Å². The molecule has 20 heavy (non-hydrogen) atoms. The maximum absolute atomic E-state index is 13.1. The van der Waals surface area contributed by atoms with Gasteiger partial charge in [0.1, 0.15) is 12.9 Å². The first-order valence-electron chi connectivity index (χ1n) is 5.84. The van der Waals surface area contributed by atoms with Gasteiger partial charge in [0.15, 0.2) is 23.1 Å². The number of ether oxygens (including phenoxy) is 2. The van der Waals surface area contributed by atoms with E-state index in [4.69, 9.17) is 9.47 Å². The Balaban J connectivity index is 2.13. The summed E-state index contributed by atoms with van der Waals surface area (Å²) in [6.07, 6.45) is 0.696. The van der Waals surface area contributed by atoms with Crippen LogP contribution < -0.4 is 9.47 Å². The van der Waals surface area contributed by atoms with E-state index in [0.717, 1.165) is 12.1 Å². The number of hydrogen-bond donors (Lipinski definition) is 0. The summed E-state index contributed by atoms with van der Waals surface area (Å²) in [7, 11) is 1.45. The standard InChI is InChI=1S/C15H12F2O3/c1-19-15-7-10(8-18)3-5-14(15)20-9-11-2-4-12(16)13(17)6-11/h2-8H,9H2,1H3. The maximum Gasteiger partial charge on any atom is 0.161 e. The summed E-state index contributed by atoms with van der Waals surface area (Å²) in [6.45, 7) is 0.0635. The van der Waals surface area contributed by atoms with E-state index < -0.39 is 11.6 Å². The Labute approximate surface area is 114 Å². The summed E-state index contributed by atoms with van der Waals surface area (Å²) in [6, 6.07) is 8.25. The van der Waals surface area contributed by atoms with Crippen molar-refractivity contribution in [3.05, 3.63) is 59.2 Å². The minimum absolute atomic E-state index is 0.0635. The molecule has 0 radical (unpaired) electrons. The predicted octanol–water partition coefficient (Wildman–Crippen LogP) is 3.36. The van der Waals surface area contributed by atoms with Crippen molar-refractivity contribution >= 4 is 6.29 Å². The fraction of sp³-hybridized carbons (Fsp3) is 0.133. The zero-order chi connectivity index (χ0) is 14.5. The molecule has 2 rings (SSSR count). The minimum Gasteiger partial charge on any atom is -0.493 e. The average molecular weight is 278 g/mol. The zero-order valence-electron chi connectivity index (χ0n) is 10.7. The largest absolute Gasteiger partial charge is 0.493 e. The predicted molar refractivity (Wildman–Crippen MR) is 69.1 cm³/mol. The lowest BCUT2D eigenvalue weighted by molar-refractivity contribution is 0.112. The van der Waals surface area contributed by atoms with E-state index >= 15 is 0 Å². The van der Waals surface area contributed by atoms with Gasteiger partial charge in [0.05, 0.1) is 7.11 Å². The van der Waals surface area contributed by atoms with Gasteiger partial charge in [-0.05, 0) is 35.9 Å². The molecule has 0 saturated carbocycles. The highest BCUT2D eigenvalue weighted by Crippen LogP contribution is 2.28. The molecule has 0 amide bonds. The van der Waals surface area contributed by atoms with Crippen LogP contribution in [0.3, 0.4) is 0 Å². The van der Waals surface area contributed by atoms with Gasteiger partial charge in [0.2, 0.25) is 0 Å². The Morgan fingerprint density at radius 1 is 1.05 bits per heavy atom. The summed E-state index contributed by atoms with van der Waals surface area (Å²) < 4.78 is 36.4. The van der Waals surface area contributed by atoms with Crippen molar-refractivity contribution in [2.75, 3.05) is 7.11 Å². The fourth-order valence-electron chi connectivity index (χ4n) is 1.67. The van der Waals surface area contributed by atoms with E-state index in [1.807, 2.05) is 0 Å². The van der Waals surface area contributed by atoms with Crippen LogP contribution in [0.2, 0.25) is 0 Å². The van der Waals surface area contributed by atoms with Gasteiger partial charge >= 0.3 is 0 Å². The Morgan fingerprint density at radius 3 is 2.50 bits per heavy atom. The van der Waals surface area contributed by atoms with Crippen LogP contribution in [0.4, 0.5) is 8.78 Å². The third-order valence-electron chi connectivity index (χ3n) is 2.70. The topological polar surface area (TPSA) is 35.5 Å². The highest BCUT2D eigenvalue weighted by Gasteiger charge is 2.07. The van der Waals surface area contributed by atoms with Crippen LogP contribution in [-0.4, -0.2) is 13.4 Å². The van der Waals surface area contributed by atoms with Gasteiger partial charge < -0.3 is 9.47 Å². The van der Waals surface area contributed by atoms with Crippen LogP contribution in [0.5, 0.6) is 11.5 Å². The molecule has 0 aromatic heterocycles. The molecule has 0 fully saturated rings. The number of hydrogen-bond acceptors (Lipinski definition) is 3. The molecule has 2 aromatic rings. The van der Waals surface area contributed by atoms with Gasteiger partial charge in [0, 0.05) is 5.56 Å². The molecule has 0 spiro atoms. The summed E-state index contributed by atoms with van der Waals surface area (Å²) in [5.74, 6) is -1.00. The molecule has 0 unspecified atom stereocenters. The number of carbonyl (C=O) groups is 1. The lowest BCUT2D eigenvalue weighted by Gasteiger charge is -2.11. The Kier molecular flexibility index (Phi) is 4.30. The van der Waals surface area contributed by atoms with Crippen LogP contribution >= 0.6 is 0 Å². The normalized spacial score (nSPS) is 10.2. The van der Waals surface area contributed by atoms with Gasteiger partial charge in [-0.1, -0.05) is 6.07 Å². The molecule has 0 heterocycles. The maximum atomic E-state index is 13.1. The Morgan fingerprint density at radius 2 is 1.85 bits per heavy atom. The molecule has 0 aliphatic rings. The van der Waals surface area contributed by atoms with E-state index in [9.17, 15) is 13.6 Å². The van der Waals surface area contributed by atoms with Crippen molar-refractivity contribution in [1.82, 2.24) is 0 Å². The average Bonchev–Trinajstić information content (AvgIpc) is 2.48. The van der Waals surface area contributed by atoms with Crippen LogP contribution in [0.25, 0.3) is 0 Å². The fourth-order valence-corrected chi connectivity index (χ4v) is 1.67. The second kappa shape index (κ2) is 6.14. The van der Waals surface area contributed by atoms with E-state index in [0.29, 0.717) is 28.9 Å². The number of methoxy groups -OCH3 is 1. The quantitative estimate of drug-likeness (QED) is 0.787. The second-order valence-corrected chi connectivity index (χ2v) is 4.07. The number of carbonyl (C=O) groups excluding carboxylic acids is 1. The molecular formula is C15H12F2O3. The van der Waals surface area contributed by atoms with Crippen LogP contribution in [0.15, 0.2) is 36.4 Å². The van der Waals surface area contributed by atoms with E-state index in [-0.39, 0.29) is 6.61 Å². The zero-order valence-corrected chi connectivity index (χ0v) is 10.7. The Bertz CT molecular complexity index is 627. The molecule has 0 aliphatic carbocycles. The molecular weight excluding hydrogens is 266 g/mol. The lowest BCUT2D eigenvalue weighted by Crippen LogP contribution is -1.99. The van der Waals surface area contributed by atoms with Crippen LogP contribution in [0.1, 0.15) is 15.9 Å². The highest BCUT2D eigenvalue weighted by atomic mass is 19.2. The number of rotatable bonds is 5. The molecule has 0 aliphatic heterocycles. The van der Waals surface area contributed by atoms with Gasteiger partial charge in [-0.15, -0.1) is 0 Å². The monoisotopic (exact) mass is 278 g/mol. The second-order valence-electron chi connectivity index (χ2n) is 4.07. The molecule has 2 aromatic carbocycles. The van der Waals surface area contributed by atoms with Gasteiger partial charge in [-0.25, -0.2) is 8.78 Å².